The first kappa shape index (κ1) is 23.9. The Morgan fingerprint density at radius 2 is 1.82 bits per heavy atom. The van der Waals surface area contributed by atoms with Crippen LogP contribution in [0.5, 0.6) is 11.5 Å². The SMILES string of the molecule is CC1(C)[C@H](C(=O)O[C@H](C#N)c2cccc(Oc3ccccc3)c2)[C@@H]1/C=C\C(=O)OCC(F)F. The van der Waals surface area contributed by atoms with Gasteiger partial charge in [-0.3, -0.25) is 4.79 Å². The van der Waals surface area contributed by atoms with Gasteiger partial charge in [-0.2, -0.15) is 5.26 Å². The Bertz CT molecular complexity index is 1060. The molecule has 0 unspecified atom stereocenters. The predicted molar refractivity (Wildman–Crippen MR) is 114 cm³/mol. The number of halogens is 2. The fraction of sp³-hybridized carbons (Fsp3) is 0.320. The number of benzene rings is 2. The monoisotopic (exact) mass is 455 g/mol. The molecule has 0 heterocycles. The summed E-state index contributed by atoms with van der Waals surface area (Å²) in [4.78, 5) is 24.3. The third-order valence-electron chi connectivity index (χ3n) is 5.45. The molecule has 0 aliphatic heterocycles. The Morgan fingerprint density at radius 1 is 1.12 bits per heavy atom. The number of carbonyl (C=O) groups excluding carboxylic acids is 2. The zero-order valence-corrected chi connectivity index (χ0v) is 18.1. The molecule has 0 amide bonds. The summed E-state index contributed by atoms with van der Waals surface area (Å²) >= 11 is 0. The van der Waals surface area contributed by atoms with Crippen LogP contribution in [-0.2, 0) is 19.1 Å². The fourth-order valence-corrected chi connectivity index (χ4v) is 3.59. The van der Waals surface area contributed by atoms with Crippen molar-refractivity contribution in [2.24, 2.45) is 17.3 Å². The van der Waals surface area contributed by atoms with Crippen molar-refractivity contribution in [1.82, 2.24) is 0 Å². The Labute approximate surface area is 190 Å². The second kappa shape index (κ2) is 10.3. The Morgan fingerprint density at radius 3 is 2.48 bits per heavy atom. The summed E-state index contributed by atoms with van der Waals surface area (Å²) in [5.41, 5.74) is -0.0603. The van der Waals surface area contributed by atoms with Crippen LogP contribution in [0.3, 0.4) is 0 Å². The van der Waals surface area contributed by atoms with Crippen LogP contribution >= 0.6 is 0 Å². The van der Waals surface area contributed by atoms with E-state index in [0.29, 0.717) is 17.1 Å². The average Bonchev–Trinajstić information content (AvgIpc) is 3.35. The number of hydrogen-bond donors (Lipinski definition) is 0. The van der Waals surface area contributed by atoms with Crippen molar-refractivity contribution in [3.63, 3.8) is 0 Å². The highest BCUT2D eigenvalue weighted by molar-refractivity contribution is 5.83. The zero-order chi connectivity index (χ0) is 24.0. The molecular weight excluding hydrogens is 432 g/mol. The minimum Gasteiger partial charge on any atom is -0.457 e. The molecule has 1 aliphatic rings. The van der Waals surface area contributed by atoms with Crippen molar-refractivity contribution in [1.29, 1.82) is 5.26 Å². The standard InChI is InChI=1S/C25H23F2NO5/c1-25(2)19(11-12-22(29)31-15-21(26)27)23(25)24(30)33-20(14-28)16-7-6-10-18(13-16)32-17-8-4-3-5-9-17/h3-13,19-21,23H,15H2,1-2H3/b12-11-/t19-,20+,23-/m0/s1. The summed E-state index contributed by atoms with van der Waals surface area (Å²) in [5, 5.41) is 9.58. The number of allylic oxidation sites excluding steroid dienone is 1. The zero-order valence-electron chi connectivity index (χ0n) is 18.1. The van der Waals surface area contributed by atoms with Crippen LogP contribution in [-0.4, -0.2) is 25.0 Å². The number of hydrogen-bond acceptors (Lipinski definition) is 6. The van der Waals surface area contributed by atoms with Crippen LogP contribution in [0.25, 0.3) is 0 Å². The average molecular weight is 455 g/mol. The van der Waals surface area contributed by atoms with E-state index in [1.54, 1.807) is 36.4 Å². The highest BCUT2D eigenvalue weighted by Gasteiger charge is 2.61. The maximum atomic E-state index is 12.8. The Kier molecular flexibility index (Phi) is 7.44. The summed E-state index contributed by atoms with van der Waals surface area (Å²) < 4.78 is 39.9. The lowest BCUT2D eigenvalue weighted by atomic mass is 10.1. The summed E-state index contributed by atoms with van der Waals surface area (Å²) in [5.74, 6) is -1.31. The van der Waals surface area contributed by atoms with Gasteiger partial charge < -0.3 is 14.2 Å². The van der Waals surface area contributed by atoms with Gasteiger partial charge in [0.05, 0.1) is 5.92 Å². The minimum atomic E-state index is -2.75. The molecule has 0 N–H and O–H groups in total. The van der Waals surface area contributed by atoms with E-state index in [0.717, 1.165) is 6.08 Å². The molecule has 1 saturated carbocycles. The van der Waals surface area contributed by atoms with E-state index in [4.69, 9.17) is 9.47 Å². The first-order valence-corrected chi connectivity index (χ1v) is 10.3. The van der Waals surface area contributed by atoms with E-state index in [1.165, 1.54) is 6.08 Å². The van der Waals surface area contributed by atoms with Crippen LogP contribution in [0, 0.1) is 28.6 Å². The second-order valence-corrected chi connectivity index (χ2v) is 8.14. The lowest BCUT2D eigenvalue weighted by Gasteiger charge is -2.13. The lowest BCUT2D eigenvalue weighted by molar-refractivity contribution is -0.149. The van der Waals surface area contributed by atoms with Gasteiger partial charge >= 0.3 is 11.9 Å². The number of ether oxygens (including phenoxy) is 3. The highest BCUT2D eigenvalue weighted by Crippen LogP contribution is 2.59. The number of alkyl halides is 2. The Hall–Kier alpha value is -3.73. The van der Waals surface area contributed by atoms with Crippen LogP contribution in [0.4, 0.5) is 8.78 Å². The van der Waals surface area contributed by atoms with Crippen molar-refractivity contribution in [3.05, 3.63) is 72.3 Å². The molecule has 1 fully saturated rings. The molecule has 0 bridgehead atoms. The normalized spacial score (nSPS) is 19.5. The van der Waals surface area contributed by atoms with Crippen LogP contribution in [0.1, 0.15) is 25.5 Å². The van der Waals surface area contributed by atoms with Crippen molar-refractivity contribution in [2.45, 2.75) is 26.4 Å². The molecular formula is C25H23F2NO5. The highest BCUT2D eigenvalue weighted by atomic mass is 19.3. The Balaban J connectivity index is 1.63. The second-order valence-electron chi connectivity index (χ2n) is 8.14. The fourth-order valence-electron chi connectivity index (χ4n) is 3.59. The maximum absolute atomic E-state index is 12.8. The third-order valence-corrected chi connectivity index (χ3v) is 5.45. The summed E-state index contributed by atoms with van der Waals surface area (Å²) in [6.45, 7) is 2.64. The van der Waals surface area contributed by atoms with Crippen molar-refractivity contribution in [3.8, 4) is 17.6 Å². The molecule has 3 rings (SSSR count). The molecule has 33 heavy (non-hydrogen) atoms. The van der Waals surface area contributed by atoms with Crippen molar-refractivity contribution in [2.75, 3.05) is 6.61 Å². The van der Waals surface area contributed by atoms with Gasteiger partial charge in [-0.25, -0.2) is 13.6 Å². The number of nitriles is 1. The first-order chi connectivity index (χ1) is 15.7. The molecule has 3 atom stereocenters. The molecule has 6 nitrogen and oxygen atoms in total. The molecule has 0 aromatic heterocycles. The quantitative estimate of drug-likeness (QED) is 0.381. The summed E-state index contributed by atoms with van der Waals surface area (Å²) in [6, 6.07) is 17.8. The number of esters is 2. The molecule has 0 radical (unpaired) electrons. The van der Waals surface area contributed by atoms with E-state index in [-0.39, 0.29) is 5.92 Å². The molecule has 0 spiro atoms. The van der Waals surface area contributed by atoms with E-state index in [1.807, 2.05) is 38.1 Å². The number of para-hydroxylation sites is 1. The molecule has 1 aliphatic carbocycles. The van der Waals surface area contributed by atoms with Crippen LogP contribution < -0.4 is 4.74 Å². The van der Waals surface area contributed by atoms with Gasteiger partial charge in [0.1, 0.15) is 17.6 Å². The summed E-state index contributed by atoms with van der Waals surface area (Å²) in [6.07, 6.45) is -1.40. The largest absolute Gasteiger partial charge is 0.457 e. The van der Waals surface area contributed by atoms with E-state index >= 15 is 0 Å². The summed E-state index contributed by atoms with van der Waals surface area (Å²) in [7, 11) is 0. The molecule has 2 aromatic carbocycles. The third kappa shape index (κ3) is 6.16. The van der Waals surface area contributed by atoms with Gasteiger partial charge in [-0.05, 0) is 35.6 Å². The van der Waals surface area contributed by atoms with E-state index < -0.39 is 42.4 Å². The maximum Gasteiger partial charge on any atom is 0.330 e. The molecule has 2 aromatic rings. The predicted octanol–water partition coefficient (Wildman–Crippen LogP) is 5.22. The van der Waals surface area contributed by atoms with Crippen LogP contribution in [0.15, 0.2) is 66.7 Å². The van der Waals surface area contributed by atoms with Crippen molar-refractivity contribution < 1.29 is 32.6 Å². The smallest absolute Gasteiger partial charge is 0.330 e. The van der Waals surface area contributed by atoms with Gasteiger partial charge in [0.15, 0.2) is 6.61 Å². The molecule has 8 heteroatoms. The minimum absolute atomic E-state index is 0.351. The first-order valence-electron chi connectivity index (χ1n) is 10.3. The number of rotatable bonds is 9. The van der Waals surface area contributed by atoms with Crippen LogP contribution in [0.2, 0.25) is 0 Å². The van der Waals surface area contributed by atoms with E-state index in [2.05, 4.69) is 4.74 Å². The lowest BCUT2D eigenvalue weighted by Crippen LogP contribution is -2.14. The van der Waals surface area contributed by atoms with E-state index in [9.17, 15) is 23.6 Å². The topological polar surface area (TPSA) is 85.6 Å². The van der Waals surface area contributed by atoms with Gasteiger partial charge in [-0.1, -0.05) is 50.3 Å². The number of nitrogens with zero attached hydrogens (tertiary/aromatic N) is 1. The van der Waals surface area contributed by atoms with Gasteiger partial charge in [0, 0.05) is 11.6 Å². The van der Waals surface area contributed by atoms with Gasteiger partial charge in [0.2, 0.25) is 6.10 Å². The van der Waals surface area contributed by atoms with Crippen molar-refractivity contribution >= 4 is 11.9 Å². The number of carbonyl (C=O) groups is 2. The van der Waals surface area contributed by atoms with Gasteiger partial charge in [-0.15, -0.1) is 0 Å². The molecule has 0 saturated heterocycles. The van der Waals surface area contributed by atoms with Gasteiger partial charge in [0.25, 0.3) is 6.43 Å². The molecule has 172 valence electrons.